The highest BCUT2D eigenvalue weighted by Crippen LogP contribution is 2.30. The van der Waals surface area contributed by atoms with Crippen LogP contribution < -0.4 is 10.1 Å². The number of halogens is 1. The van der Waals surface area contributed by atoms with Gasteiger partial charge in [0.05, 0.1) is 0 Å². The Balaban J connectivity index is 2.16. The van der Waals surface area contributed by atoms with Gasteiger partial charge in [0, 0.05) is 11.4 Å². The molecule has 1 unspecified atom stereocenters. The lowest BCUT2D eigenvalue weighted by molar-refractivity contribution is 0.195. The molecule has 0 fully saturated rings. The first-order valence-corrected chi connectivity index (χ1v) is 4.86. The minimum Gasteiger partial charge on any atom is -0.475 e. The number of ether oxygens (including phenoxy) is 1. The lowest BCUT2D eigenvalue weighted by atomic mass is 10.1. The van der Waals surface area contributed by atoms with E-state index >= 15 is 0 Å². The molecule has 1 aromatic carbocycles. The fraction of sp³-hybridized carbons (Fsp3) is 0.400. The molecule has 1 aromatic rings. The average molecular weight is 198 g/mol. The van der Waals surface area contributed by atoms with Crippen LogP contribution in [0.2, 0.25) is 5.02 Å². The lowest BCUT2D eigenvalue weighted by Crippen LogP contribution is -2.32. The van der Waals surface area contributed by atoms with Crippen molar-refractivity contribution in [2.24, 2.45) is 0 Å². The van der Waals surface area contributed by atoms with E-state index in [0.29, 0.717) is 0 Å². The molecule has 1 aliphatic rings. The third-order valence-corrected chi connectivity index (χ3v) is 2.37. The Bertz CT molecular complexity index is 314. The third kappa shape index (κ3) is 1.79. The standard InChI is InChI=1S/C10H12ClNO/c1-2-12-10-5-7-3-4-8(11)6-9(7)13-10/h3-4,6,10,12H,2,5H2,1H3. The Morgan fingerprint density at radius 1 is 1.62 bits per heavy atom. The second-order valence-corrected chi connectivity index (χ2v) is 3.56. The maximum Gasteiger partial charge on any atom is 0.154 e. The van der Waals surface area contributed by atoms with Gasteiger partial charge in [-0.2, -0.15) is 0 Å². The number of fused-ring (bicyclic) bond motifs is 1. The number of likely N-dealkylation sites (N-methyl/N-ethyl adjacent to an activating group) is 1. The van der Waals surface area contributed by atoms with E-state index in [1.54, 1.807) is 0 Å². The van der Waals surface area contributed by atoms with E-state index in [0.717, 1.165) is 23.7 Å². The van der Waals surface area contributed by atoms with Crippen molar-refractivity contribution in [2.45, 2.75) is 19.6 Å². The molecule has 0 radical (unpaired) electrons. The molecule has 0 spiro atoms. The Morgan fingerprint density at radius 2 is 2.46 bits per heavy atom. The second kappa shape index (κ2) is 3.56. The van der Waals surface area contributed by atoms with Crippen LogP contribution in [-0.2, 0) is 6.42 Å². The molecule has 2 nitrogen and oxygen atoms in total. The van der Waals surface area contributed by atoms with Crippen molar-refractivity contribution < 1.29 is 4.74 Å². The molecule has 1 atom stereocenters. The van der Waals surface area contributed by atoms with E-state index in [-0.39, 0.29) is 6.23 Å². The van der Waals surface area contributed by atoms with Crippen LogP contribution in [0.5, 0.6) is 5.75 Å². The first-order chi connectivity index (χ1) is 6.29. The van der Waals surface area contributed by atoms with Crippen molar-refractivity contribution in [3.63, 3.8) is 0 Å². The molecule has 3 heteroatoms. The van der Waals surface area contributed by atoms with Crippen molar-refractivity contribution in [3.05, 3.63) is 28.8 Å². The highest BCUT2D eigenvalue weighted by Gasteiger charge is 2.21. The minimum atomic E-state index is 0.124. The SMILES string of the molecule is CCNC1Cc2ccc(Cl)cc2O1. The number of rotatable bonds is 2. The normalized spacial score (nSPS) is 19.7. The second-order valence-electron chi connectivity index (χ2n) is 3.12. The largest absolute Gasteiger partial charge is 0.475 e. The minimum absolute atomic E-state index is 0.124. The maximum atomic E-state index is 5.85. The lowest BCUT2D eigenvalue weighted by Gasteiger charge is -2.10. The fourth-order valence-corrected chi connectivity index (χ4v) is 1.70. The molecule has 0 aromatic heterocycles. The third-order valence-electron chi connectivity index (χ3n) is 2.14. The van der Waals surface area contributed by atoms with Crippen LogP contribution in [0.4, 0.5) is 0 Å². The number of hydrogen-bond acceptors (Lipinski definition) is 2. The predicted molar refractivity (Wildman–Crippen MR) is 53.2 cm³/mol. The van der Waals surface area contributed by atoms with E-state index in [1.165, 1.54) is 5.56 Å². The Kier molecular flexibility index (Phi) is 2.42. The van der Waals surface area contributed by atoms with E-state index in [4.69, 9.17) is 16.3 Å². The topological polar surface area (TPSA) is 21.3 Å². The van der Waals surface area contributed by atoms with Crippen molar-refractivity contribution in [1.29, 1.82) is 0 Å². The van der Waals surface area contributed by atoms with Gasteiger partial charge in [-0.1, -0.05) is 24.6 Å². The summed E-state index contributed by atoms with van der Waals surface area (Å²) in [6.07, 6.45) is 1.05. The van der Waals surface area contributed by atoms with Crippen LogP contribution in [-0.4, -0.2) is 12.8 Å². The molecule has 13 heavy (non-hydrogen) atoms. The predicted octanol–water partition coefficient (Wildman–Crippen LogP) is 2.21. The van der Waals surface area contributed by atoms with Gasteiger partial charge in [0.2, 0.25) is 0 Å². The van der Waals surface area contributed by atoms with E-state index in [9.17, 15) is 0 Å². The molecule has 1 aliphatic heterocycles. The molecule has 70 valence electrons. The van der Waals surface area contributed by atoms with Crippen LogP contribution in [0.25, 0.3) is 0 Å². The van der Waals surface area contributed by atoms with Gasteiger partial charge in [0.25, 0.3) is 0 Å². The molecular weight excluding hydrogens is 186 g/mol. The summed E-state index contributed by atoms with van der Waals surface area (Å²) in [5.74, 6) is 0.915. The van der Waals surface area contributed by atoms with Crippen LogP contribution in [0.1, 0.15) is 12.5 Å². The van der Waals surface area contributed by atoms with Crippen LogP contribution in [0.3, 0.4) is 0 Å². The zero-order valence-corrected chi connectivity index (χ0v) is 8.27. The Morgan fingerprint density at radius 3 is 3.23 bits per heavy atom. The van der Waals surface area contributed by atoms with Gasteiger partial charge in [-0.15, -0.1) is 0 Å². The monoisotopic (exact) mass is 197 g/mol. The number of nitrogens with one attached hydrogen (secondary N) is 1. The molecule has 0 amide bonds. The molecule has 0 aliphatic carbocycles. The Labute approximate surface area is 82.9 Å². The van der Waals surface area contributed by atoms with Crippen molar-refractivity contribution >= 4 is 11.6 Å². The molecule has 1 N–H and O–H groups in total. The molecule has 0 saturated heterocycles. The van der Waals surface area contributed by atoms with Gasteiger partial charge in [0.1, 0.15) is 5.75 Å². The maximum absolute atomic E-state index is 5.85. The van der Waals surface area contributed by atoms with E-state index in [1.807, 2.05) is 18.2 Å². The molecule has 0 bridgehead atoms. The van der Waals surface area contributed by atoms with Gasteiger partial charge in [-0.3, -0.25) is 5.32 Å². The molecule has 0 saturated carbocycles. The summed E-state index contributed by atoms with van der Waals surface area (Å²) in [6.45, 7) is 2.99. The summed E-state index contributed by atoms with van der Waals surface area (Å²) in [5, 5.41) is 3.98. The zero-order chi connectivity index (χ0) is 9.26. The summed E-state index contributed by atoms with van der Waals surface area (Å²) in [6, 6.07) is 5.79. The highest BCUT2D eigenvalue weighted by molar-refractivity contribution is 6.30. The summed E-state index contributed by atoms with van der Waals surface area (Å²) in [4.78, 5) is 0. The van der Waals surface area contributed by atoms with Crippen LogP contribution in [0, 0.1) is 0 Å². The van der Waals surface area contributed by atoms with Gasteiger partial charge in [-0.25, -0.2) is 0 Å². The van der Waals surface area contributed by atoms with Crippen molar-refractivity contribution in [3.8, 4) is 5.75 Å². The first-order valence-electron chi connectivity index (χ1n) is 4.48. The zero-order valence-electron chi connectivity index (χ0n) is 7.51. The quantitative estimate of drug-likeness (QED) is 0.785. The number of hydrogen-bond donors (Lipinski definition) is 1. The molecule has 2 rings (SSSR count). The summed E-state index contributed by atoms with van der Waals surface area (Å²) < 4.78 is 5.63. The Hall–Kier alpha value is -0.730. The average Bonchev–Trinajstić information content (AvgIpc) is 2.46. The molecular formula is C10H12ClNO. The smallest absolute Gasteiger partial charge is 0.154 e. The molecule has 1 heterocycles. The van der Waals surface area contributed by atoms with Crippen molar-refractivity contribution in [2.75, 3.05) is 6.54 Å². The summed E-state index contributed by atoms with van der Waals surface area (Å²) in [5.41, 5.74) is 1.23. The highest BCUT2D eigenvalue weighted by atomic mass is 35.5. The number of benzene rings is 1. The van der Waals surface area contributed by atoms with Crippen LogP contribution >= 0.6 is 11.6 Å². The summed E-state index contributed by atoms with van der Waals surface area (Å²) in [7, 11) is 0. The van der Waals surface area contributed by atoms with Gasteiger partial charge >= 0.3 is 0 Å². The van der Waals surface area contributed by atoms with Gasteiger partial charge < -0.3 is 4.74 Å². The van der Waals surface area contributed by atoms with E-state index in [2.05, 4.69) is 12.2 Å². The van der Waals surface area contributed by atoms with Gasteiger partial charge in [0.15, 0.2) is 6.23 Å². The summed E-state index contributed by atoms with van der Waals surface area (Å²) >= 11 is 5.85. The fourth-order valence-electron chi connectivity index (χ4n) is 1.54. The van der Waals surface area contributed by atoms with Crippen LogP contribution in [0.15, 0.2) is 18.2 Å². The van der Waals surface area contributed by atoms with E-state index < -0.39 is 0 Å². The van der Waals surface area contributed by atoms with Crippen molar-refractivity contribution in [1.82, 2.24) is 5.32 Å². The first kappa shape index (κ1) is 8.85. The van der Waals surface area contributed by atoms with Gasteiger partial charge in [-0.05, 0) is 24.2 Å².